The highest BCUT2D eigenvalue weighted by Crippen LogP contribution is 2.23. The second-order valence-electron chi connectivity index (χ2n) is 4.73. The second-order valence-corrected chi connectivity index (χ2v) is 4.73. The fourth-order valence-electron chi connectivity index (χ4n) is 2.42. The van der Waals surface area contributed by atoms with Crippen molar-refractivity contribution in [2.24, 2.45) is 0 Å². The van der Waals surface area contributed by atoms with Crippen LogP contribution in [-0.2, 0) is 0 Å². The third-order valence-electron chi connectivity index (χ3n) is 3.31. The maximum atomic E-state index is 5.50. The Balaban J connectivity index is 2.08. The summed E-state index contributed by atoms with van der Waals surface area (Å²) in [5.41, 5.74) is 1.01. The van der Waals surface area contributed by atoms with Crippen LogP contribution in [0, 0.1) is 6.92 Å². The number of hydrogen-bond acceptors (Lipinski definition) is 5. The molecular weight excluding hydrogens is 228 g/mol. The van der Waals surface area contributed by atoms with Crippen molar-refractivity contribution < 1.29 is 4.74 Å². The minimum Gasteiger partial charge on any atom is -0.478 e. The van der Waals surface area contributed by atoms with Crippen LogP contribution in [0.5, 0.6) is 5.88 Å². The molecule has 0 bridgehead atoms. The molecule has 1 unspecified atom stereocenters. The standard InChI is InChI=1S/C13H22N4O/c1-4-18-13-10(2)12(15-9-16-13)17(3)8-11-6-5-7-14-11/h9,11,14H,4-8H2,1-3H3. The summed E-state index contributed by atoms with van der Waals surface area (Å²) in [6.45, 7) is 6.71. The number of ether oxygens (including phenoxy) is 1. The van der Waals surface area contributed by atoms with Crippen LogP contribution < -0.4 is 15.0 Å². The molecule has 0 saturated carbocycles. The smallest absolute Gasteiger partial charge is 0.221 e. The van der Waals surface area contributed by atoms with Crippen LogP contribution >= 0.6 is 0 Å². The van der Waals surface area contributed by atoms with Crippen molar-refractivity contribution >= 4 is 5.82 Å². The summed E-state index contributed by atoms with van der Waals surface area (Å²) in [7, 11) is 2.07. The lowest BCUT2D eigenvalue weighted by atomic mass is 10.2. The molecule has 0 aliphatic carbocycles. The van der Waals surface area contributed by atoms with E-state index in [2.05, 4.69) is 27.2 Å². The third-order valence-corrected chi connectivity index (χ3v) is 3.31. The molecule has 0 spiro atoms. The average molecular weight is 250 g/mol. The van der Waals surface area contributed by atoms with E-state index in [1.807, 2.05) is 13.8 Å². The summed E-state index contributed by atoms with van der Waals surface area (Å²) in [5.74, 6) is 1.65. The summed E-state index contributed by atoms with van der Waals surface area (Å²) in [4.78, 5) is 10.7. The Labute approximate surface area is 109 Å². The molecule has 1 aromatic heterocycles. The zero-order chi connectivity index (χ0) is 13.0. The lowest BCUT2D eigenvalue weighted by Crippen LogP contribution is -2.36. The van der Waals surface area contributed by atoms with E-state index >= 15 is 0 Å². The first kappa shape index (κ1) is 13.1. The molecular formula is C13H22N4O. The molecule has 18 heavy (non-hydrogen) atoms. The van der Waals surface area contributed by atoms with Gasteiger partial charge in [-0.3, -0.25) is 0 Å². The van der Waals surface area contributed by atoms with Gasteiger partial charge in [-0.05, 0) is 33.2 Å². The van der Waals surface area contributed by atoms with Crippen LogP contribution in [0.4, 0.5) is 5.82 Å². The molecule has 0 amide bonds. The molecule has 1 atom stereocenters. The summed E-state index contributed by atoms with van der Waals surface area (Å²) in [6.07, 6.45) is 4.09. The number of nitrogens with one attached hydrogen (secondary N) is 1. The largest absolute Gasteiger partial charge is 0.478 e. The molecule has 5 heteroatoms. The zero-order valence-corrected chi connectivity index (χ0v) is 11.4. The van der Waals surface area contributed by atoms with E-state index in [1.165, 1.54) is 12.8 Å². The predicted molar refractivity (Wildman–Crippen MR) is 72.2 cm³/mol. The van der Waals surface area contributed by atoms with Crippen molar-refractivity contribution in [2.45, 2.75) is 32.7 Å². The fraction of sp³-hybridized carbons (Fsp3) is 0.692. The Kier molecular flexibility index (Phi) is 4.36. The molecule has 2 heterocycles. The van der Waals surface area contributed by atoms with Crippen molar-refractivity contribution in [1.82, 2.24) is 15.3 Å². The van der Waals surface area contributed by atoms with Gasteiger partial charge in [0.05, 0.1) is 12.2 Å². The normalized spacial score (nSPS) is 18.9. The molecule has 5 nitrogen and oxygen atoms in total. The lowest BCUT2D eigenvalue weighted by molar-refractivity contribution is 0.323. The molecule has 1 aliphatic rings. The number of nitrogens with zero attached hydrogens (tertiary/aromatic N) is 3. The van der Waals surface area contributed by atoms with E-state index < -0.39 is 0 Å². The van der Waals surface area contributed by atoms with E-state index in [4.69, 9.17) is 4.74 Å². The van der Waals surface area contributed by atoms with Gasteiger partial charge in [-0.25, -0.2) is 9.97 Å². The fourth-order valence-corrected chi connectivity index (χ4v) is 2.42. The van der Waals surface area contributed by atoms with Gasteiger partial charge in [-0.15, -0.1) is 0 Å². The van der Waals surface area contributed by atoms with Gasteiger partial charge in [0.25, 0.3) is 0 Å². The summed E-state index contributed by atoms with van der Waals surface area (Å²) < 4.78 is 5.50. The van der Waals surface area contributed by atoms with Gasteiger partial charge in [0.1, 0.15) is 12.1 Å². The van der Waals surface area contributed by atoms with Gasteiger partial charge >= 0.3 is 0 Å². The topological polar surface area (TPSA) is 50.3 Å². The van der Waals surface area contributed by atoms with Gasteiger partial charge in [-0.1, -0.05) is 0 Å². The molecule has 2 rings (SSSR count). The number of hydrogen-bond donors (Lipinski definition) is 1. The number of likely N-dealkylation sites (N-methyl/N-ethyl adjacent to an activating group) is 1. The highest BCUT2D eigenvalue weighted by molar-refractivity contribution is 5.49. The van der Waals surface area contributed by atoms with Crippen LogP contribution in [-0.4, -0.2) is 42.8 Å². The highest BCUT2D eigenvalue weighted by Gasteiger charge is 2.18. The van der Waals surface area contributed by atoms with Gasteiger partial charge in [0, 0.05) is 19.6 Å². The quantitative estimate of drug-likeness (QED) is 0.855. The van der Waals surface area contributed by atoms with Crippen LogP contribution in [0.1, 0.15) is 25.3 Å². The van der Waals surface area contributed by atoms with E-state index in [9.17, 15) is 0 Å². The molecule has 1 saturated heterocycles. The maximum absolute atomic E-state index is 5.50. The minimum absolute atomic E-state index is 0.569. The zero-order valence-electron chi connectivity index (χ0n) is 11.4. The molecule has 1 aromatic rings. The second kappa shape index (κ2) is 6.00. The molecule has 0 radical (unpaired) electrons. The summed E-state index contributed by atoms with van der Waals surface area (Å²) >= 11 is 0. The first-order valence-corrected chi connectivity index (χ1v) is 6.61. The van der Waals surface area contributed by atoms with Crippen LogP contribution in [0.2, 0.25) is 0 Å². The van der Waals surface area contributed by atoms with Crippen molar-refractivity contribution in [1.29, 1.82) is 0 Å². The molecule has 100 valence electrons. The van der Waals surface area contributed by atoms with E-state index in [0.717, 1.165) is 24.5 Å². The van der Waals surface area contributed by atoms with Gasteiger partial charge < -0.3 is 15.0 Å². The lowest BCUT2D eigenvalue weighted by Gasteiger charge is -2.24. The Morgan fingerprint density at radius 2 is 2.33 bits per heavy atom. The van der Waals surface area contributed by atoms with E-state index in [0.29, 0.717) is 18.5 Å². The Morgan fingerprint density at radius 1 is 1.50 bits per heavy atom. The minimum atomic E-state index is 0.569. The number of aromatic nitrogens is 2. The van der Waals surface area contributed by atoms with Gasteiger partial charge in [0.2, 0.25) is 5.88 Å². The van der Waals surface area contributed by atoms with Crippen LogP contribution in [0.3, 0.4) is 0 Å². The first-order valence-electron chi connectivity index (χ1n) is 6.61. The maximum Gasteiger partial charge on any atom is 0.221 e. The monoisotopic (exact) mass is 250 g/mol. The average Bonchev–Trinajstić information content (AvgIpc) is 2.85. The Hall–Kier alpha value is -1.36. The predicted octanol–water partition coefficient (Wildman–Crippen LogP) is 1.37. The molecule has 0 aromatic carbocycles. The van der Waals surface area contributed by atoms with Crippen molar-refractivity contribution in [3.05, 3.63) is 11.9 Å². The van der Waals surface area contributed by atoms with Crippen molar-refractivity contribution in [3.8, 4) is 5.88 Å². The molecule has 1 aliphatic heterocycles. The number of anilines is 1. The van der Waals surface area contributed by atoms with Crippen LogP contribution in [0.25, 0.3) is 0 Å². The van der Waals surface area contributed by atoms with Gasteiger partial charge in [0.15, 0.2) is 0 Å². The van der Waals surface area contributed by atoms with Gasteiger partial charge in [-0.2, -0.15) is 0 Å². The first-order chi connectivity index (χ1) is 8.72. The van der Waals surface area contributed by atoms with Crippen LogP contribution in [0.15, 0.2) is 6.33 Å². The third kappa shape index (κ3) is 2.90. The Morgan fingerprint density at radius 3 is 3.00 bits per heavy atom. The number of rotatable bonds is 5. The Bertz CT molecular complexity index is 391. The van der Waals surface area contributed by atoms with E-state index in [1.54, 1.807) is 6.33 Å². The van der Waals surface area contributed by atoms with Crippen molar-refractivity contribution in [3.63, 3.8) is 0 Å². The molecule has 1 N–H and O–H groups in total. The van der Waals surface area contributed by atoms with Crippen molar-refractivity contribution in [2.75, 3.05) is 31.6 Å². The SMILES string of the molecule is CCOc1ncnc(N(C)CC2CCCN2)c1C. The summed E-state index contributed by atoms with van der Waals surface area (Å²) in [6, 6.07) is 0.569. The van der Waals surface area contributed by atoms with E-state index in [-0.39, 0.29) is 0 Å². The highest BCUT2D eigenvalue weighted by atomic mass is 16.5. The summed E-state index contributed by atoms with van der Waals surface area (Å²) in [5, 5.41) is 3.50. The molecule has 1 fully saturated rings.